The highest BCUT2D eigenvalue weighted by Gasteiger charge is 2.15. The molecule has 2 rings (SSSR count). The fourth-order valence-corrected chi connectivity index (χ4v) is 2.16. The van der Waals surface area contributed by atoms with E-state index in [1.54, 1.807) is 6.92 Å². The lowest BCUT2D eigenvalue weighted by molar-refractivity contribution is 0.175. The Morgan fingerprint density at radius 3 is 2.86 bits per heavy atom. The predicted molar refractivity (Wildman–Crippen MR) is 83.8 cm³/mol. The van der Waals surface area contributed by atoms with E-state index in [0.717, 1.165) is 11.1 Å². The van der Waals surface area contributed by atoms with E-state index in [-0.39, 0.29) is 6.54 Å². The summed E-state index contributed by atoms with van der Waals surface area (Å²) in [6.45, 7) is 5.77. The van der Waals surface area contributed by atoms with Gasteiger partial charge < -0.3 is 20.3 Å². The van der Waals surface area contributed by atoms with Crippen molar-refractivity contribution in [3.63, 3.8) is 0 Å². The van der Waals surface area contributed by atoms with Crippen LogP contribution >= 0.6 is 0 Å². The number of rotatable bonds is 5. The third-order valence-corrected chi connectivity index (χ3v) is 3.38. The van der Waals surface area contributed by atoms with E-state index >= 15 is 0 Å². The van der Waals surface area contributed by atoms with Gasteiger partial charge >= 0.3 is 6.03 Å². The minimum absolute atomic E-state index is 0.126. The van der Waals surface area contributed by atoms with Crippen LogP contribution in [0.4, 0.5) is 10.5 Å². The summed E-state index contributed by atoms with van der Waals surface area (Å²) >= 11 is 0. The maximum Gasteiger partial charge on any atom is 0.319 e. The number of carbonyl (C=O) groups excluding carboxylic acids is 1. The summed E-state index contributed by atoms with van der Waals surface area (Å²) in [5.74, 6) is 0.631. The van der Waals surface area contributed by atoms with E-state index in [1.165, 1.54) is 0 Å². The molecule has 0 bridgehead atoms. The van der Waals surface area contributed by atoms with Crippen molar-refractivity contribution in [2.45, 2.75) is 33.3 Å². The van der Waals surface area contributed by atoms with Gasteiger partial charge in [-0.1, -0.05) is 41.9 Å². The van der Waals surface area contributed by atoms with Gasteiger partial charge in [0, 0.05) is 13.0 Å². The second kappa shape index (κ2) is 7.09. The molecule has 0 radical (unpaired) electrons. The van der Waals surface area contributed by atoms with Crippen LogP contribution in [0.25, 0.3) is 0 Å². The molecule has 1 aromatic carbocycles. The van der Waals surface area contributed by atoms with Crippen LogP contribution in [0.3, 0.4) is 0 Å². The van der Waals surface area contributed by atoms with Gasteiger partial charge in [-0.25, -0.2) is 4.79 Å². The zero-order valence-electron chi connectivity index (χ0n) is 13.0. The number of aromatic nitrogens is 1. The third kappa shape index (κ3) is 3.85. The molecular formula is C16H21N3O3. The fourth-order valence-electron chi connectivity index (χ4n) is 2.16. The van der Waals surface area contributed by atoms with Crippen molar-refractivity contribution < 1.29 is 14.4 Å². The first kappa shape index (κ1) is 16.0. The van der Waals surface area contributed by atoms with Crippen LogP contribution in [0.1, 0.15) is 35.6 Å². The van der Waals surface area contributed by atoms with Gasteiger partial charge in [0.05, 0.1) is 6.10 Å². The summed E-state index contributed by atoms with van der Waals surface area (Å²) in [5.41, 5.74) is 3.06. The molecule has 0 aliphatic rings. The molecular weight excluding hydrogens is 282 g/mol. The molecule has 2 aromatic rings. The summed E-state index contributed by atoms with van der Waals surface area (Å²) in [4.78, 5) is 11.9. The average molecular weight is 303 g/mol. The number of amides is 2. The van der Waals surface area contributed by atoms with Crippen LogP contribution in [0, 0.1) is 13.8 Å². The number of hydrogen-bond acceptors (Lipinski definition) is 4. The smallest absolute Gasteiger partial charge is 0.319 e. The van der Waals surface area contributed by atoms with E-state index in [0.29, 0.717) is 23.6 Å². The highest BCUT2D eigenvalue weighted by Crippen LogP contribution is 2.20. The van der Waals surface area contributed by atoms with Crippen LogP contribution < -0.4 is 10.6 Å². The van der Waals surface area contributed by atoms with Crippen LogP contribution in [-0.2, 0) is 6.42 Å². The fraction of sp³-hybridized carbons (Fsp3) is 0.375. The van der Waals surface area contributed by atoms with Gasteiger partial charge in [0.1, 0.15) is 11.4 Å². The van der Waals surface area contributed by atoms with Crippen molar-refractivity contribution in [1.29, 1.82) is 0 Å². The monoisotopic (exact) mass is 303 g/mol. The summed E-state index contributed by atoms with van der Waals surface area (Å²) < 4.78 is 5.11. The van der Waals surface area contributed by atoms with Gasteiger partial charge in [-0.2, -0.15) is 0 Å². The Kier molecular flexibility index (Phi) is 5.16. The molecule has 0 fully saturated rings. The molecule has 1 atom stereocenters. The number of aliphatic hydroxyl groups is 1. The average Bonchev–Trinajstić information content (AvgIpc) is 2.85. The zero-order valence-corrected chi connectivity index (χ0v) is 13.0. The van der Waals surface area contributed by atoms with Crippen molar-refractivity contribution in [2.75, 3.05) is 11.9 Å². The molecule has 1 unspecified atom stereocenters. The van der Waals surface area contributed by atoms with E-state index in [4.69, 9.17) is 4.52 Å². The van der Waals surface area contributed by atoms with Crippen molar-refractivity contribution >= 4 is 11.7 Å². The highest BCUT2D eigenvalue weighted by molar-refractivity contribution is 5.90. The second-order valence-corrected chi connectivity index (χ2v) is 5.18. The molecule has 22 heavy (non-hydrogen) atoms. The standard InChI is InChI=1S/C16H21N3O3/c1-4-14-15(11(3)19-22-14)18-16(21)17-9-13(20)12-7-5-6-10(2)8-12/h5-8,13,20H,4,9H2,1-3H3,(H2,17,18,21). The summed E-state index contributed by atoms with van der Waals surface area (Å²) in [7, 11) is 0. The van der Waals surface area contributed by atoms with Crippen LogP contribution in [-0.4, -0.2) is 22.8 Å². The first-order valence-electron chi connectivity index (χ1n) is 7.26. The number of benzene rings is 1. The molecule has 1 heterocycles. The van der Waals surface area contributed by atoms with E-state index in [2.05, 4.69) is 15.8 Å². The highest BCUT2D eigenvalue weighted by atomic mass is 16.5. The number of nitrogens with one attached hydrogen (secondary N) is 2. The van der Waals surface area contributed by atoms with Crippen LogP contribution in [0.2, 0.25) is 0 Å². The topological polar surface area (TPSA) is 87.4 Å². The number of carbonyl (C=O) groups is 1. The first-order chi connectivity index (χ1) is 10.5. The summed E-state index contributed by atoms with van der Waals surface area (Å²) in [5, 5.41) is 19.3. The summed E-state index contributed by atoms with van der Waals surface area (Å²) in [6, 6.07) is 7.16. The molecule has 3 N–H and O–H groups in total. The molecule has 6 nitrogen and oxygen atoms in total. The number of hydrogen-bond donors (Lipinski definition) is 3. The molecule has 2 amide bonds. The number of aliphatic hydroxyl groups excluding tert-OH is 1. The van der Waals surface area contributed by atoms with Crippen molar-refractivity contribution in [3.8, 4) is 0 Å². The molecule has 0 saturated carbocycles. The van der Waals surface area contributed by atoms with Crippen LogP contribution in [0.15, 0.2) is 28.8 Å². The molecule has 0 spiro atoms. The van der Waals surface area contributed by atoms with Gasteiger partial charge in [0.25, 0.3) is 0 Å². The molecule has 1 aromatic heterocycles. The SMILES string of the molecule is CCc1onc(C)c1NC(=O)NCC(O)c1cccc(C)c1. The van der Waals surface area contributed by atoms with Crippen LogP contribution in [0.5, 0.6) is 0 Å². The van der Waals surface area contributed by atoms with E-state index in [1.807, 2.05) is 38.1 Å². The van der Waals surface area contributed by atoms with E-state index in [9.17, 15) is 9.90 Å². The molecule has 0 saturated heterocycles. The number of anilines is 1. The van der Waals surface area contributed by atoms with Crippen molar-refractivity contribution in [2.24, 2.45) is 0 Å². The Morgan fingerprint density at radius 2 is 2.18 bits per heavy atom. The largest absolute Gasteiger partial charge is 0.387 e. The lowest BCUT2D eigenvalue weighted by Gasteiger charge is -2.13. The molecule has 0 aliphatic carbocycles. The first-order valence-corrected chi connectivity index (χ1v) is 7.26. The number of aryl methyl sites for hydroxylation is 3. The minimum atomic E-state index is -0.750. The zero-order chi connectivity index (χ0) is 16.1. The number of nitrogens with zero attached hydrogens (tertiary/aromatic N) is 1. The minimum Gasteiger partial charge on any atom is -0.387 e. The van der Waals surface area contributed by atoms with Gasteiger partial charge in [-0.05, 0) is 19.4 Å². The second-order valence-electron chi connectivity index (χ2n) is 5.18. The Labute approximate surface area is 129 Å². The van der Waals surface area contributed by atoms with Crippen molar-refractivity contribution in [3.05, 3.63) is 46.8 Å². The maximum atomic E-state index is 11.9. The Bertz CT molecular complexity index is 652. The molecule has 0 aliphatic heterocycles. The molecule has 6 heteroatoms. The number of urea groups is 1. The summed E-state index contributed by atoms with van der Waals surface area (Å²) in [6.07, 6.45) is -0.109. The molecule has 118 valence electrons. The lowest BCUT2D eigenvalue weighted by Crippen LogP contribution is -2.32. The Hall–Kier alpha value is -2.34. The van der Waals surface area contributed by atoms with E-state index < -0.39 is 12.1 Å². The predicted octanol–water partition coefficient (Wildman–Crippen LogP) is 2.71. The van der Waals surface area contributed by atoms with Gasteiger partial charge in [-0.3, -0.25) is 0 Å². The maximum absolute atomic E-state index is 11.9. The van der Waals surface area contributed by atoms with Gasteiger partial charge in [-0.15, -0.1) is 0 Å². The van der Waals surface area contributed by atoms with Gasteiger partial charge in [0.2, 0.25) is 0 Å². The Balaban J connectivity index is 1.91. The normalized spacial score (nSPS) is 12.0. The third-order valence-electron chi connectivity index (χ3n) is 3.38. The van der Waals surface area contributed by atoms with Crippen molar-refractivity contribution in [1.82, 2.24) is 10.5 Å². The lowest BCUT2D eigenvalue weighted by atomic mass is 10.1. The quantitative estimate of drug-likeness (QED) is 0.792. The van der Waals surface area contributed by atoms with Gasteiger partial charge in [0.15, 0.2) is 5.76 Å². The Morgan fingerprint density at radius 1 is 1.41 bits per heavy atom.